The van der Waals surface area contributed by atoms with E-state index in [1.54, 1.807) is 0 Å². The van der Waals surface area contributed by atoms with Crippen molar-refractivity contribution in [3.8, 4) is 0 Å². The average molecular weight is 526 g/mol. The molecule has 4 rings (SSSR count). The van der Waals surface area contributed by atoms with Gasteiger partial charge in [0.05, 0.1) is 25.9 Å². The SMILES string of the molecule is CCCCC(=O)/C=C1\CCN([C@@H](C)c2ccccc2)[C@H]([C@@H](COCc2ccccc2)OCc2ccccc2)C1. The van der Waals surface area contributed by atoms with Gasteiger partial charge < -0.3 is 9.47 Å². The van der Waals surface area contributed by atoms with Crippen LogP contribution in [0.1, 0.15) is 68.7 Å². The lowest BCUT2D eigenvalue weighted by Crippen LogP contribution is -2.50. The minimum atomic E-state index is -0.144. The molecule has 1 aliphatic heterocycles. The van der Waals surface area contributed by atoms with Gasteiger partial charge in [-0.25, -0.2) is 0 Å². The molecule has 3 aromatic rings. The topological polar surface area (TPSA) is 38.8 Å². The number of ether oxygens (including phenoxy) is 2. The van der Waals surface area contributed by atoms with Crippen LogP contribution in [0, 0.1) is 0 Å². The summed E-state index contributed by atoms with van der Waals surface area (Å²) in [6.45, 7) is 6.86. The Morgan fingerprint density at radius 3 is 2.18 bits per heavy atom. The Bertz CT molecular complexity index is 1150. The first-order chi connectivity index (χ1) is 19.1. The van der Waals surface area contributed by atoms with Crippen LogP contribution >= 0.6 is 0 Å². The highest BCUT2D eigenvalue weighted by molar-refractivity contribution is 5.90. The van der Waals surface area contributed by atoms with Crippen molar-refractivity contribution in [1.29, 1.82) is 0 Å². The molecule has 4 nitrogen and oxygen atoms in total. The van der Waals surface area contributed by atoms with Crippen molar-refractivity contribution in [3.05, 3.63) is 119 Å². The largest absolute Gasteiger partial charge is 0.374 e. The molecule has 3 atom stereocenters. The predicted molar refractivity (Wildman–Crippen MR) is 158 cm³/mol. The smallest absolute Gasteiger partial charge is 0.155 e. The van der Waals surface area contributed by atoms with E-state index in [0.29, 0.717) is 26.2 Å². The van der Waals surface area contributed by atoms with Gasteiger partial charge in [0.25, 0.3) is 0 Å². The molecule has 1 fully saturated rings. The zero-order valence-electron chi connectivity index (χ0n) is 23.5. The lowest BCUT2D eigenvalue weighted by molar-refractivity contribution is -0.114. The van der Waals surface area contributed by atoms with Gasteiger partial charge in [-0.2, -0.15) is 0 Å². The molecule has 1 aliphatic rings. The van der Waals surface area contributed by atoms with Gasteiger partial charge in [-0.15, -0.1) is 0 Å². The molecule has 0 amide bonds. The minimum Gasteiger partial charge on any atom is -0.374 e. The average Bonchev–Trinajstić information content (AvgIpc) is 2.99. The lowest BCUT2D eigenvalue weighted by atomic mass is 9.89. The third-order valence-corrected chi connectivity index (χ3v) is 7.64. The maximum absolute atomic E-state index is 12.7. The van der Waals surface area contributed by atoms with Gasteiger partial charge in [0, 0.05) is 25.0 Å². The van der Waals surface area contributed by atoms with Gasteiger partial charge >= 0.3 is 0 Å². The number of hydrogen-bond donors (Lipinski definition) is 0. The van der Waals surface area contributed by atoms with E-state index in [9.17, 15) is 4.79 Å². The molecule has 0 N–H and O–H groups in total. The van der Waals surface area contributed by atoms with Crippen molar-refractivity contribution in [2.45, 2.75) is 77.4 Å². The Hall–Kier alpha value is -3.05. The number of piperidine rings is 1. The van der Waals surface area contributed by atoms with Crippen LogP contribution in [0.3, 0.4) is 0 Å². The Kier molecular flexibility index (Phi) is 11.5. The molecule has 0 aliphatic carbocycles. The highest BCUT2D eigenvalue weighted by Gasteiger charge is 2.36. The van der Waals surface area contributed by atoms with Gasteiger partial charge in [0.1, 0.15) is 0 Å². The highest BCUT2D eigenvalue weighted by atomic mass is 16.5. The zero-order chi connectivity index (χ0) is 27.3. The van der Waals surface area contributed by atoms with Crippen molar-refractivity contribution in [2.24, 2.45) is 0 Å². The first kappa shape index (κ1) is 28.9. The third kappa shape index (κ3) is 8.99. The van der Waals surface area contributed by atoms with Crippen LogP contribution in [0.5, 0.6) is 0 Å². The molecule has 1 saturated heterocycles. The lowest BCUT2D eigenvalue weighted by Gasteiger charge is -2.44. The highest BCUT2D eigenvalue weighted by Crippen LogP contribution is 2.34. The van der Waals surface area contributed by atoms with Gasteiger partial charge in [0.2, 0.25) is 0 Å². The van der Waals surface area contributed by atoms with Crippen LogP contribution in [0.2, 0.25) is 0 Å². The summed E-state index contributed by atoms with van der Waals surface area (Å²) in [6.07, 6.45) is 6.10. The number of benzene rings is 3. The number of ketones is 1. The van der Waals surface area contributed by atoms with E-state index in [1.165, 1.54) is 11.1 Å². The maximum atomic E-state index is 12.7. The molecule has 0 bridgehead atoms. The second-order valence-corrected chi connectivity index (χ2v) is 10.6. The van der Waals surface area contributed by atoms with Crippen molar-refractivity contribution in [2.75, 3.05) is 13.2 Å². The van der Waals surface area contributed by atoms with E-state index in [0.717, 1.165) is 43.4 Å². The molecular formula is C35H43NO3. The van der Waals surface area contributed by atoms with E-state index in [1.807, 2.05) is 42.5 Å². The van der Waals surface area contributed by atoms with Crippen molar-refractivity contribution < 1.29 is 14.3 Å². The number of rotatable bonds is 14. The van der Waals surface area contributed by atoms with E-state index in [-0.39, 0.29) is 24.0 Å². The number of likely N-dealkylation sites (tertiary alicyclic amines) is 1. The molecule has 0 saturated carbocycles. The number of unbranched alkanes of at least 4 members (excludes halogenated alkanes) is 1. The summed E-state index contributed by atoms with van der Waals surface area (Å²) in [7, 11) is 0. The molecule has 0 aromatic heterocycles. The van der Waals surface area contributed by atoms with Crippen LogP contribution in [-0.2, 0) is 27.5 Å². The first-order valence-electron chi connectivity index (χ1n) is 14.4. The van der Waals surface area contributed by atoms with E-state index in [4.69, 9.17) is 9.47 Å². The minimum absolute atomic E-state index is 0.0960. The molecule has 4 heteroatoms. The van der Waals surface area contributed by atoms with Crippen LogP contribution in [0.4, 0.5) is 0 Å². The summed E-state index contributed by atoms with van der Waals surface area (Å²) < 4.78 is 12.9. The summed E-state index contributed by atoms with van der Waals surface area (Å²) in [5.74, 6) is 0.247. The number of carbonyl (C=O) groups excluding carboxylic acids is 1. The maximum Gasteiger partial charge on any atom is 0.155 e. The quantitative estimate of drug-likeness (QED) is 0.202. The normalized spacial score (nSPS) is 18.6. The predicted octanol–water partition coefficient (Wildman–Crippen LogP) is 7.70. The molecule has 0 spiro atoms. The Morgan fingerprint density at radius 1 is 0.923 bits per heavy atom. The third-order valence-electron chi connectivity index (χ3n) is 7.64. The van der Waals surface area contributed by atoms with Crippen LogP contribution in [-0.4, -0.2) is 36.0 Å². The molecule has 206 valence electrons. The van der Waals surface area contributed by atoms with Crippen LogP contribution < -0.4 is 0 Å². The van der Waals surface area contributed by atoms with Crippen LogP contribution in [0.15, 0.2) is 103 Å². The number of allylic oxidation sites excluding steroid dienone is 1. The Labute approximate surface area is 234 Å². The monoisotopic (exact) mass is 525 g/mol. The molecule has 3 aromatic carbocycles. The Balaban J connectivity index is 1.57. The summed E-state index contributed by atoms with van der Waals surface area (Å²) in [4.78, 5) is 15.2. The van der Waals surface area contributed by atoms with Gasteiger partial charge in [-0.3, -0.25) is 9.69 Å². The fourth-order valence-electron chi connectivity index (χ4n) is 5.37. The summed E-state index contributed by atoms with van der Waals surface area (Å²) in [6, 6.07) is 31.6. The molecular weight excluding hydrogens is 482 g/mol. The standard InChI is InChI=1S/C35H43NO3/c1-3-4-20-33(37)23-31-21-22-36(28(2)32-18-12-7-13-19-32)34(24-31)35(39-26-30-16-10-6-11-17-30)27-38-25-29-14-8-5-9-15-29/h5-19,23,28,34-35H,3-4,20-22,24-27H2,1-2H3/b31-23+/t28-,34-,35+/m0/s1. The number of carbonyl (C=O) groups is 1. The summed E-state index contributed by atoms with van der Waals surface area (Å²) >= 11 is 0. The summed E-state index contributed by atoms with van der Waals surface area (Å²) in [5.41, 5.74) is 4.82. The fourth-order valence-corrected chi connectivity index (χ4v) is 5.37. The number of nitrogens with zero attached hydrogens (tertiary/aromatic N) is 1. The van der Waals surface area contributed by atoms with Crippen molar-refractivity contribution >= 4 is 5.78 Å². The van der Waals surface area contributed by atoms with Gasteiger partial charge in [-0.05, 0) is 49.0 Å². The molecule has 0 radical (unpaired) electrons. The van der Waals surface area contributed by atoms with E-state index < -0.39 is 0 Å². The van der Waals surface area contributed by atoms with Gasteiger partial charge in [-0.1, -0.05) is 110 Å². The Morgan fingerprint density at radius 2 is 1.54 bits per heavy atom. The zero-order valence-corrected chi connectivity index (χ0v) is 23.5. The summed E-state index contributed by atoms with van der Waals surface area (Å²) in [5, 5.41) is 0. The van der Waals surface area contributed by atoms with E-state index >= 15 is 0 Å². The second kappa shape index (κ2) is 15.5. The van der Waals surface area contributed by atoms with Crippen molar-refractivity contribution in [3.63, 3.8) is 0 Å². The first-order valence-corrected chi connectivity index (χ1v) is 14.4. The van der Waals surface area contributed by atoms with Crippen molar-refractivity contribution in [1.82, 2.24) is 4.90 Å². The number of hydrogen-bond acceptors (Lipinski definition) is 4. The molecule has 0 unspecified atom stereocenters. The fraction of sp³-hybridized carbons (Fsp3) is 0.400. The van der Waals surface area contributed by atoms with Gasteiger partial charge in [0.15, 0.2) is 5.78 Å². The van der Waals surface area contributed by atoms with E-state index in [2.05, 4.69) is 73.3 Å². The van der Waals surface area contributed by atoms with Crippen LogP contribution in [0.25, 0.3) is 0 Å². The second-order valence-electron chi connectivity index (χ2n) is 10.6. The molecule has 39 heavy (non-hydrogen) atoms. The molecule has 1 heterocycles.